The van der Waals surface area contributed by atoms with Crippen LogP contribution in [0.2, 0.25) is 0 Å². The van der Waals surface area contributed by atoms with Crippen LogP contribution in [0.3, 0.4) is 0 Å². The second-order valence-electron chi connectivity index (χ2n) is 3.99. The molecule has 18 heavy (non-hydrogen) atoms. The van der Waals surface area contributed by atoms with Gasteiger partial charge in [0.15, 0.2) is 0 Å². The van der Waals surface area contributed by atoms with E-state index >= 15 is 0 Å². The Kier molecular flexibility index (Phi) is 4.07. The number of hydrogen-bond donors (Lipinski definition) is 0. The molecule has 0 bridgehead atoms. The van der Waals surface area contributed by atoms with Crippen LogP contribution in [-0.2, 0) is 0 Å². The van der Waals surface area contributed by atoms with Crippen molar-refractivity contribution in [2.24, 2.45) is 0 Å². The maximum absolute atomic E-state index is 5.42. The van der Waals surface area contributed by atoms with Crippen LogP contribution in [0, 0.1) is 13.8 Å². The number of hydrogen-bond acceptors (Lipinski definition) is 2. The van der Waals surface area contributed by atoms with E-state index in [0.717, 1.165) is 37.2 Å². The molecule has 1 aromatic carbocycles. The number of pyridine rings is 1. The molecule has 0 amide bonds. The zero-order chi connectivity index (χ0) is 13.3. The van der Waals surface area contributed by atoms with Crippen LogP contribution in [-0.4, -0.2) is 12.1 Å². The molecule has 2 rings (SSSR count). The first-order valence-electron chi connectivity index (χ1n) is 5.51. The van der Waals surface area contributed by atoms with Gasteiger partial charge in [-0.05, 0) is 51.8 Å². The predicted molar refractivity (Wildman–Crippen MR) is 81.1 cm³/mol. The highest BCUT2D eigenvalue weighted by atomic mass is 79.9. The van der Waals surface area contributed by atoms with Gasteiger partial charge in [0.05, 0.1) is 17.3 Å². The molecule has 0 aliphatic carbocycles. The van der Waals surface area contributed by atoms with E-state index in [1.54, 1.807) is 7.11 Å². The highest BCUT2D eigenvalue weighted by Crippen LogP contribution is 2.40. The molecule has 2 aromatic rings. The number of aromatic nitrogens is 1. The van der Waals surface area contributed by atoms with Crippen LogP contribution < -0.4 is 4.74 Å². The fourth-order valence-electron chi connectivity index (χ4n) is 1.95. The first-order valence-corrected chi connectivity index (χ1v) is 7.10. The summed E-state index contributed by atoms with van der Waals surface area (Å²) in [6.45, 7) is 3.99. The van der Waals surface area contributed by atoms with Crippen molar-refractivity contribution in [1.29, 1.82) is 0 Å². The van der Waals surface area contributed by atoms with Gasteiger partial charge in [-0.3, -0.25) is 4.98 Å². The van der Waals surface area contributed by atoms with Gasteiger partial charge in [0.2, 0.25) is 0 Å². The van der Waals surface area contributed by atoms with E-state index in [-0.39, 0.29) is 0 Å². The van der Waals surface area contributed by atoms with Gasteiger partial charge in [-0.2, -0.15) is 0 Å². The van der Waals surface area contributed by atoms with Crippen LogP contribution in [0.25, 0.3) is 11.1 Å². The molecule has 0 radical (unpaired) electrons. The van der Waals surface area contributed by atoms with Crippen molar-refractivity contribution in [2.75, 3.05) is 7.11 Å². The lowest BCUT2D eigenvalue weighted by molar-refractivity contribution is 0.416. The van der Waals surface area contributed by atoms with E-state index in [1.165, 1.54) is 0 Å². The molecule has 0 saturated heterocycles. The minimum Gasteiger partial charge on any atom is -0.496 e. The topological polar surface area (TPSA) is 22.1 Å². The van der Waals surface area contributed by atoms with Gasteiger partial charge in [0.1, 0.15) is 5.75 Å². The first-order chi connectivity index (χ1) is 8.56. The molecule has 0 atom stereocenters. The molecular weight excluding hydrogens is 358 g/mol. The fourth-order valence-corrected chi connectivity index (χ4v) is 3.02. The van der Waals surface area contributed by atoms with Crippen LogP contribution in [0.4, 0.5) is 0 Å². The molecule has 0 aliphatic heterocycles. The van der Waals surface area contributed by atoms with Crippen molar-refractivity contribution in [3.05, 3.63) is 44.6 Å². The van der Waals surface area contributed by atoms with Gasteiger partial charge in [-0.1, -0.05) is 18.2 Å². The summed E-state index contributed by atoms with van der Waals surface area (Å²) < 4.78 is 7.41. The van der Waals surface area contributed by atoms with Crippen LogP contribution in [0.15, 0.2) is 33.2 Å². The van der Waals surface area contributed by atoms with Crippen molar-refractivity contribution in [1.82, 2.24) is 4.98 Å². The molecule has 0 unspecified atom stereocenters. The van der Waals surface area contributed by atoms with E-state index in [2.05, 4.69) is 36.8 Å². The first kappa shape index (κ1) is 13.6. The average molecular weight is 371 g/mol. The van der Waals surface area contributed by atoms with Crippen LogP contribution in [0.1, 0.15) is 11.4 Å². The summed E-state index contributed by atoms with van der Waals surface area (Å²) in [5, 5.41) is 0. The Labute approximate surface area is 124 Å². The molecule has 0 saturated carbocycles. The molecule has 0 fully saturated rings. The van der Waals surface area contributed by atoms with E-state index in [1.807, 2.05) is 38.1 Å². The van der Waals surface area contributed by atoms with Gasteiger partial charge >= 0.3 is 0 Å². The number of para-hydroxylation sites is 1. The quantitative estimate of drug-likeness (QED) is 0.750. The summed E-state index contributed by atoms with van der Waals surface area (Å²) in [5.74, 6) is 0.846. The third kappa shape index (κ3) is 2.31. The number of aryl methyl sites for hydroxylation is 2. The molecule has 0 spiro atoms. The summed E-state index contributed by atoms with van der Waals surface area (Å²) in [6.07, 6.45) is 0. The van der Waals surface area contributed by atoms with Gasteiger partial charge < -0.3 is 4.74 Å². The van der Waals surface area contributed by atoms with Gasteiger partial charge in [0, 0.05) is 21.3 Å². The standard InChI is InChI=1S/C14H13Br2NO/c1-8-12(14(16)13(15)9(2)17-8)10-6-4-5-7-11(10)18-3/h4-7H,1-3H3. The molecule has 2 nitrogen and oxygen atoms in total. The van der Waals surface area contributed by atoms with Crippen molar-refractivity contribution in [3.63, 3.8) is 0 Å². The lowest BCUT2D eigenvalue weighted by Gasteiger charge is -2.14. The monoisotopic (exact) mass is 369 g/mol. The number of nitrogens with zero attached hydrogens (tertiary/aromatic N) is 1. The van der Waals surface area contributed by atoms with Crippen LogP contribution >= 0.6 is 31.9 Å². The van der Waals surface area contributed by atoms with E-state index in [0.29, 0.717) is 0 Å². The largest absolute Gasteiger partial charge is 0.496 e. The zero-order valence-corrected chi connectivity index (χ0v) is 13.6. The minimum atomic E-state index is 0.846. The fraction of sp³-hybridized carbons (Fsp3) is 0.214. The summed E-state index contributed by atoms with van der Waals surface area (Å²) in [4.78, 5) is 4.55. The number of ether oxygens (including phenoxy) is 1. The second-order valence-corrected chi connectivity index (χ2v) is 5.57. The van der Waals surface area contributed by atoms with E-state index < -0.39 is 0 Å². The number of methoxy groups -OCH3 is 1. The number of benzene rings is 1. The smallest absolute Gasteiger partial charge is 0.126 e. The molecule has 0 aliphatic rings. The third-order valence-corrected chi connectivity index (χ3v) is 5.10. The molecular formula is C14H13Br2NO. The van der Waals surface area contributed by atoms with Crippen molar-refractivity contribution < 1.29 is 4.74 Å². The third-order valence-electron chi connectivity index (χ3n) is 2.80. The maximum Gasteiger partial charge on any atom is 0.126 e. The molecule has 1 heterocycles. The Hall–Kier alpha value is -0.870. The maximum atomic E-state index is 5.42. The van der Waals surface area contributed by atoms with E-state index in [9.17, 15) is 0 Å². The summed E-state index contributed by atoms with van der Waals surface area (Å²) >= 11 is 7.20. The van der Waals surface area contributed by atoms with E-state index in [4.69, 9.17) is 4.74 Å². The molecule has 1 aromatic heterocycles. The Balaban J connectivity index is 2.75. The minimum absolute atomic E-state index is 0.846. The van der Waals surface area contributed by atoms with Gasteiger partial charge in [-0.15, -0.1) is 0 Å². The number of rotatable bonds is 2. The normalized spacial score (nSPS) is 10.5. The Bertz CT molecular complexity index is 597. The second kappa shape index (κ2) is 5.41. The highest BCUT2D eigenvalue weighted by Gasteiger charge is 2.16. The van der Waals surface area contributed by atoms with Gasteiger partial charge in [0.25, 0.3) is 0 Å². The SMILES string of the molecule is COc1ccccc1-c1c(C)nc(C)c(Br)c1Br. The van der Waals surface area contributed by atoms with Crippen molar-refractivity contribution >= 4 is 31.9 Å². The summed E-state index contributed by atoms with van der Waals surface area (Å²) in [5.41, 5.74) is 4.05. The lowest BCUT2D eigenvalue weighted by Crippen LogP contribution is -1.96. The number of halogens is 2. The Morgan fingerprint density at radius 2 is 1.67 bits per heavy atom. The zero-order valence-electron chi connectivity index (χ0n) is 10.4. The Morgan fingerprint density at radius 1 is 1.00 bits per heavy atom. The Morgan fingerprint density at radius 3 is 2.33 bits per heavy atom. The van der Waals surface area contributed by atoms with Crippen molar-refractivity contribution in [3.8, 4) is 16.9 Å². The predicted octanol–water partition coefficient (Wildman–Crippen LogP) is 4.90. The van der Waals surface area contributed by atoms with Gasteiger partial charge in [-0.25, -0.2) is 0 Å². The summed E-state index contributed by atoms with van der Waals surface area (Å²) in [6, 6.07) is 7.95. The molecule has 94 valence electrons. The average Bonchev–Trinajstić information content (AvgIpc) is 2.37. The van der Waals surface area contributed by atoms with Crippen LogP contribution in [0.5, 0.6) is 5.75 Å². The summed E-state index contributed by atoms with van der Waals surface area (Å²) in [7, 11) is 1.68. The molecule has 0 N–H and O–H groups in total. The van der Waals surface area contributed by atoms with Crippen molar-refractivity contribution in [2.45, 2.75) is 13.8 Å². The highest BCUT2D eigenvalue weighted by molar-refractivity contribution is 9.13. The lowest BCUT2D eigenvalue weighted by atomic mass is 10.0. The molecule has 4 heteroatoms.